The first-order valence-corrected chi connectivity index (χ1v) is 10.7. The van der Waals surface area contributed by atoms with Crippen molar-refractivity contribution in [2.24, 2.45) is 0 Å². The smallest absolute Gasteiger partial charge is 0.221 e. The van der Waals surface area contributed by atoms with Crippen LogP contribution in [0.4, 0.5) is 0 Å². The third-order valence-electron chi connectivity index (χ3n) is 5.54. The minimum atomic E-state index is -0.519. The Kier molecular flexibility index (Phi) is 6.00. The van der Waals surface area contributed by atoms with Gasteiger partial charge in [-0.05, 0) is 47.6 Å². The molecule has 2 N–H and O–H groups in total. The average molecular weight is 439 g/mol. The summed E-state index contributed by atoms with van der Waals surface area (Å²) in [6.45, 7) is 14.2. The van der Waals surface area contributed by atoms with Gasteiger partial charge < -0.3 is 15.5 Å². The van der Waals surface area contributed by atoms with E-state index in [0.717, 1.165) is 18.8 Å². The number of Topliss-reactive ketones (excluding diaryl/α,β-unsaturated/α-hetero) is 1. The van der Waals surface area contributed by atoms with Crippen LogP contribution in [-0.2, 0) is 15.1 Å². The van der Waals surface area contributed by atoms with Crippen molar-refractivity contribution >= 4 is 23.0 Å². The molecule has 0 saturated heterocycles. The maximum absolute atomic E-state index is 13.1. The lowest BCUT2D eigenvalue weighted by Crippen LogP contribution is -2.33. The highest BCUT2D eigenvalue weighted by Crippen LogP contribution is 2.43. The number of hydrogen-bond donors (Lipinski definition) is 2. The number of aryl methyl sites for hydroxylation is 1. The summed E-state index contributed by atoms with van der Waals surface area (Å²) in [5.74, 6) is -1.44. The van der Waals surface area contributed by atoms with E-state index in [1.165, 1.54) is 11.6 Å². The van der Waals surface area contributed by atoms with Gasteiger partial charge in [0.05, 0.1) is 22.5 Å². The van der Waals surface area contributed by atoms with Gasteiger partial charge in [0.1, 0.15) is 13.1 Å². The molecule has 2 aliphatic carbocycles. The Hall–Kier alpha value is -3.42. The SMILES string of the molecule is CC[N+](CC)=C1C=C/C(=C2\C(=O)C(c3c(C)nn(C(C)(C)C)c3O)=C2[O-])C(NC(C)=O)=C1. The first-order valence-electron chi connectivity index (χ1n) is 10.7. The van der Waals surface area contributed by atoms with E-state index in [-0.39, 0.29) is 28.5 Å². The van der Waals surface area contributed by atoms with Crippen LogP contribution >= 0.6 is 0 Å². The standard InChI is InChI=1S/C24H30N4O4/c1-8-27(9-2)15-10-11-16(17(12-15)25-14(4)29)19-21(30)20(22(19)31)18-13(3)26-28(23(18)32)24(5,6)7/h10-12H,8-9H2,1-7H3,(H2,25,26,29,30,31,32). The lowest BCUT2D eigenvalue weighted by Gasteiger charge is -2.33. The number of ketones is 1. The molecule has 1 amide bonds. The number of amides is 1. The monoisotopic (exact) mass is 438 g/mol. The van der Waals surface area contributed by atoms with Gasteiger partial charge >= 0.3 is 0 Å². The van der Waals surface area contributed by atoms with Gasteiger partial charge in [-0.15, -0.1) is 0 Å². The normalized spacial score (nSPS) is 18.7. The van der Waals surface area contributed by atoms with Crippen molar-refractivity contribution in [3.63, 3.8) is 0 Å². The lowest BCUT2D eigenvalue weighted by molar-refractivity contribution is -0.519. The molecule has 1 aromatic heterocycles. The largest absolute Gasteiger partial charge is 0.871 e. The van der Waals surface area contributed by atoms with E-state index < -0.39 is 17.1 Å². The molecular formula is C24H30N4O4. The van der Waals surface area contributed by atoms with Crippen molar-refractivity contribution in [3.05, 3.63) is 52.1 Å². The van der Waals surface area contributed by atoms with Gasteiger partial charge in [0.25, 0.3) is 0 Å². The second-order valence-electron chi connectivity index (χ2n) is 8.86. The minimum absolute atomic E-state index is 0.00263. The first kappa shape index (κ1) is 23.2. The number of carbonyl (C=O) groups is 2. The molecule has 2 aliphatic rings. The number of nitrogens with one attached hydrogen (secondary N) is 1. The Morgan fingerprint density at radius 3 is 2.31 bits per heavy atom. The van der Waals surface area contributed by atoms with E-state index in [9.17, 15) is 19.8 Å². The molecule has 0 atom stereocenters. The Morgan fingerprint density at radius 2 is 1.84 bits per heavy atom. The molecule has 8 nitrogen and oxygen atoms in total. The summed E-state index contributed by atoms with van der Waals surface area (Å²) in [6, 6.07) is 0. The topological polar surface area (TPSA) is 110 Å². The van der Waals surface area contributed by atoms with Gasteiger partial charge in [0.2, 0.25) is 17.5 Å². The molecule has 32 heavy (non-hydrogen) atoms. The summed E-state index contributed by atoms with van der Waals surface area (Å²) in [5, 5.41) is 30.9. The van der Waals surface area contributed by atoms with Gasteiger partial charge in [-0.25, -0.2) is 9.26 Å². The third kappa shape index (κ3) is 3.81. The predicted octanol–water partition coefficient (Wildman–Crippen LogP) is 1.69. The number of aromatic nitrogens is 2. The van der Waals surface area contributed by atoms with Crippen LogP contribution in [0.2, 0.25) is 0 Å². The van der Waals surface area contributed by atoms with Crippen molar-refractivity contribution in [1.29, 1.82) is 0 Å². The van der Waals surface area contributed by atoms with Crippen LogP contribution in [-0.4, -0.2) is 50.0 Å². The quantitative estimate of drug-likeness (QED) is 0.549. The van der Waals surface area contributed by atoms with Crippen molar-refractivity contribution in [1.82, 2.24) is 15.1 Å². The maximum atomic E-state index is 13.1. The van der Waals surface area contributed by atoms with E-state index >= 15 is 0 Å². The number of carbonyl (C=O) groups excluding carboxylic acids is 2. The van der Waals surface area contributed by atoms with Crippen molar-refractivity contribution in [2.45, 2.75) is 54.0 Å². The van der Waals surface area contributed by atoms with E-state index in [1.54, 1.807) is 19.1 Å². The molecule has 0 aliphatic heterocycles. The molecule has 170 valence electrons. The second kappa shape index (κ2) is 8.26. The second-order valence-corrected chi connectivity index (χ2v) is 8.86. The number of hydrogen-bond acceptors (Lipinski definition) is 5. The zero-order chi connectivity index (χ0) is 24.0. The molecule has 0 bridgehead atoms. The summed E-state index contributed by atoms with van der Waals surface area (Å²) < 4.78 is 3.51. The number of aromatic hydroxyl groups is 1. The maximum Gasteiger partial charge on any atom is 0.221 e. The van der Waals surface area contributed by atoms with Crippen LogP contribution in [0.15, 0.2) is 40.8 Å². The van der Waals surface area contributed by atoms with Crippen LogP contribution < -0.4 is 10.4 Å². The fourth-order valence-electron chi connectivity index (χ4n) is 3.97. The number of rotatable bonds is 4. The fraction of sp³-hybridized carbons (Fsp3) is 0.417. The number of allylic oxidation sites excluding steroid dienone is 5. The first-order chi connectivity index (χ1) is 14.9. The van der Waals surface area contributed by atoms with E-state index in [4.69, 9.17) is 0 Å². The van der Waals surface area contributed by atoms with Crippen LogP contribution in [0.5, 0.6) is 5.88 Å². The molecule has 0 saturated carbocycles. The molecule has 0 unspecified atom stereocenters. The minimum Gasteiger partial charge on any atom is -0.871 e. The van der Waals surface area contributed by atoms with E-state index in [0.29, 0.717) is 17.0 Å². The summed E-state index contributed by atoms with van der Waals surface area (Å²) in [6.07, 6.45) is 5.29. The lowest BCUT2D eigenvalue weighted by atomic mass is 9.79. The molecule has 1 heterocycles. The van der Waals surface area contributed by atoms with Crippen molar-refractivity contribution < 1.29 is 24.4 Å². The molecule has 8 heteroatoms. The highest BCUT2D eigenvalue weighted by Gasteiger charge is 2.37. The Bertz CT molecular complexity index is 1160. The zero-order valence-corrected chi connectivity index (χ0v) is 19.7. The van der Waals surface area contributed by atoms with E-state index in [1.807, 2.05) is 40.7 Å². The highest BCUT2D eigenvalue weighted by molar-refractivity contribution is 6.40. The van der Waals surface area contributed by atoms with Gasteiger partial charge in [-0.1, -0.05) is 5.76 Å². The Morgan fingerprint density at radius 1 is 1.22 bits per heavy atom. The van der Waals surface area contributed by atoms with Gasteiger partial charge in [0, 0.05) is 35.8 Å². The van der Waals surface area contributed by atoms with Crippen LogP contribution in [0.3, 0.4) is 0 Å². The van der Waals surface area contributed by atoms with E-state index in [2.05, 4.69) is 15.0 Å². The van der Waals surface area contributed by atoms with Crippen molar-refractivity contribution in [3.8, 4) is 5.88 Å². The van der Waals surface area contributed by atoms with Gasteiger partial charge in [0.15, 0.2) is 5.78 Å². The fourth-order valence-corrected chi connectivity index (χ4v) is 3.97. The molecule has 0 radical (unpaired) electrons. The summed E-state index contributed by atoms with van der Waals surface area (Å²) in [4.78, 5) is 24.9. The van der Waals surface area contributed by atoms with Crippen LogP contribution in [0.1, 0.15) is 52.8 Å². The van der Waals surface area contributed by atoms with Crippen molar-refractivity contribution in [2.75, 3.05) is 13.1 Å². The molecule has 1 aromatic rings. The predicted molar refractivity (Wildman–Crippen MR) is 120 cm³/mol. The highest BCUT2D eigenvalue weighted by atomic mass is 16.3. The molecule has 0 fully saturated rings. The van der Waals surface area contributed by atoms with Gasteiger partial charge in [-0.2, -0.15) is 5.10 Å². The molecule has 0 spiro atoms. The number of nitrogens with zero attached hydrogens (tertiary/aromatic N) is 3. The Balaban J connectivity index is 2.17. The van der Waals surface area contributed by atoms with Crippen LogP contribution in [0.25, 0.3) is 5.57 Å². The summed E-state index contributed by atoms with van der Waals surface area (Å²) >= 11 is 0. The molecule has 0 aromatic carbocycles. The van der Waals surface area contributed by atoms with Gasteiger partial charge in [-0.3, -0.25) is 9.59 Å². The summed E-state index contributed by atoms with van der Waals surface area (Å²) in [7, 11) is 0. The average Bonchev–Trinajstić information content (AvgIpc) is 2.99. The summed E-state index contributed by atoms with van der Waals surface area (Å²) in [5.41, 5.74) is 1.64. The Labute approximate surface area is 187 Å². The molecular weight excluding hydrogens is 408 g/mol. The molecule has 3 rings (SSSR count). The van der Waals surface area contributed by atoms with Crippen LogP contribution in [0, 0.1) is 6.92 Å². The zero-order valence-electron chi connectivity index (χ0n) is 19.7. The third-order valence-corrected chi connectivity index (χ3v) is 5.54.